The fourth-order valence-electron chi connectivity index (χ4n) is 1.96. The zero-order chi connectivity index (χ0) is 14.8. The van der Waals surface area contributed by atoms with E-state index in [1.54, 1.807) is 23.1 Å². The van der Waals surface area contributed by atoms with Gasteiger partial charge in [0.2, 0.25) is 0 Å². The minimum Gasteiger partial charge on any atom is -0.365 e. The molecule has 0 aliphatic carbocycles. The standard InChI is InChI=1S/C11H15F3N4O2/c1-20-10(11(12,13)14)7-17(8-10)9(19)15-4-6-18-5-2-3-16-18/h2-3,5H,4,6-8H2,1H3,(H,15,19). The largest absolute Gasteiger partial charge is 0.420 e. The number of amides is 2. The number of ether oxygens (including phenoxy) is 1. The maximum atomic E-state index is 12.7. The topological polar surface area (TPSA) is 59.4 Å². The van der Waals surface area contributed by atoms with Gasteiger partial charge in [-0.1, -0.05) is 0 Å². The van der Waals surface area contributed by atoms with E-state index < -0.39 is 30.9 Å². The molecule has 1 aliphatic heterocycles. The summed E-state index contributed by atoms with van der Waals surface area (Å²) >= 11 is 0. The second kappa shape index (κ2) is 5.31. The van der Waals surface area contributed by atoms with Crippen molar-refractivity contribution in [1.82, 2.24) is 20.0 Å². The first-order valence-electron chi connectivity index (χ1n) is 6.00. The molecule has 1 saturated heterocycles. The fraction of sp³-hybridized carbons (Fsp3) is 0.636. The van der Waals surface area contributed by atoms with Crippen LogP contribution in [0.3, 0.4) is 0 Å². The number of methoxy groups -OCH3 is 1. The second-order valence-corrected chi connectivity index (χ2v) is 4.55. The van der Waals surface area contributed by atoms with Crippen LogP contribution >= 0.6 is 0 Å². The average molecular weight is 292 g/mol. The van der Waals surface area contributed by atoms with Crippen molar-refractivity contribution in [2.45, 2.75) is 18.3 Å². The van der Waals surface area contributed by atoms with Gasteiger partial charge in [-0.15, -0.1) is 0 Å². The summed E-state index contributed by atoms with van der Waals surface area (Å²) in [5, 5.41) is 6.48. The lowest BCUT2D eigenvalue weighted by Gasteiger charge is -2.49. The van der Waals surface area contributed by atoms with Crippen molar-refractivity contribution in [2.24, 2.45) is 0 Å². The summed E-state index contributed by atoms with van der Waals surface area (Å²) in [6.07, 6.45) is -1.14. The van der Waals surface area contributed by atoms with Crippen LogP contribution < -0.4 is 5.32 Å². The third-order valence-corrected chi connectivity index (χ3v) is 3.26. The van der Waals surface area contributed by atoms with Crippen LogP contribution in [0.25, 0.3) is 0 Å². The molecule has 0 aromatic carbocycles. The minimum atomic E-state index is -4.48. The van der Waals surface area contributed by atoms with Crippen molar-refractivity contribution in [3.8, 4) is 0 Å². The zero-order valence-corrected chi connectivity index (χ0v) is 10.9. The van der Waals surface area contributed by atoms with Gasteiger partial charge >= 0.3 is 12.2 Å². The van der Waals surface area contributed by atoms with Crippen molar-refractivity contribution in [3.63, 3.8) is 0 Å². The number of alkyl halides is 3. The number of rotatable bonds is 4. The first kappa shape index (κ1) is 14.6. The first-order chi connectivity index (χ1) is 9.38. The molecule has 0 atom stereocenters. The number of hydrogen-bond donors (Lipinski definition) is 1. The monoisotopic (exact) mass is 292 g/mol. The second-order valence-electron chi connectivity index (χ2n) is 4.55. The van der Waals surface area contributed by atoms with E-state index >= 15 is 0 Å². The van der Waals surface area contributed by atoms with E-state index in [2.05, 4.69) is 15.2 Å². The van der Waals surface area contributed by atoms with Crippen molar-refractivity contribution < 1.29 is 22.7 Å². The zero-order valence-electron chi connectivity index (χ0n) is 10.9. The van der Waals surface area contributed by atoms with Gasteiger partial charge in [-0.2, -0.15) is 18.3 Å². The number of nitrogens with zero attached hydrogens (tertiary/aromatic N) is 3. The Balaban J connectivity index is 1.76. The number of halogens is 3. The van der Waals surface area contributed by atoms with Gasteiger partial charge in [-0.25, -0.2) is 4.79 Å². The lowest BCUT2D eigenvalue weighted by molar-refractivity contribution is -0.303. The number of aromatic nitrogens is 2. The van der Waals surface area contributed by atoms with Crippen LogP contribution in [-0.4, -0.2) is 59.2 Å². The molecule has 1 fully saturated rings. The molecular weight excluding hydrogens is 277 g/mol. The molecule has 1 aromatic rings. The van der Waals surface area contributed by atoms with Crippen LogP contribution in [0.1, 0.15) is 0 Å². The Morgan fingerprint density at radius 3 is 2.70 bits per heavy atom. The normalized spacial score (nSPS) is 17.7. The Morgan fingerprint density at radius 2 is 2.20 bits per heavy atom. The molecule has 20 heavy (non-hydrogen) atoms. The van der Waals surface area contributed by atoms with Gasteiger partial charge in [0.05, 0.1) is 19.6 Å². The van der Waals surface area contributed by atoms with Crippen LogP contribution in [-0.2, 0) is 11.3 Å². The highest BCUT2D eigenvalue weighted by Gasteiger charge is 2.63. The van der Waals surface area contributed by atoms with E-state index in [4.69, 9.17) is 0 Å². The Morgan fingerprint density at radius 1 is 1.50 bits per heavy atom. The van der Waals surface area contributed by atoms with Gasteiger partial charge in [0.25, 0.3) is 0 Å². The summed E-state index contributed by atoms with van der Waals surface area (Å²) in [7, 11) is 1.00. The van der Waals surface area contributed by atoms with Crippen LogP contribution in [0.15, 0.2) is 18.5 Å². The predicted molar refractivity (Wildman–Crippen MR) is 63.0 cm³/mol. The van der Waals surface area contributed by atoms with Gasteiger partial charge in [0.1, 0.15) is 0 Å². The number of urea groups is 1. The Bertz CT molecular complexity index is 455. The Hall–Kier alpha value is -1.77. The third kappa shape index (κ3) is 2.72. The molecule has 0 unspecified atom stereocenters. The van der Waals surface area contributed by atoms with E-state index in [1.165, 1.54) is 0 Å². The van der Waals surface area contributed by atoms with Gasteiger partial charge in [-0.3, -0.25) is 4.68 Å². The van der Waals surface area contributed by atoms with Gasteiger partial charge < -0.3 is 15.0 Å². The van der Waals surface area contributed by atoms with Gasteiger partial charge in [0.15, 0.2) is 5.60 Å². The number of hydrogen-bond acceptors (Lipinski definition) is 3. The smallest absolute Gasteiger partial charge is 0.365 e. The van der Waals surface area contributed by atoms with Crippen LogP contribution in [0, 0.1) is 0 Å². The molecule has 1 aliphatic rings. The SMILES string of the molecule is COC1(C(F)(F)F)CN(C(=O)NCCn2cccn2)C1. The molecule has 2 rings (SSSR count). The van der Waals surface area contributed by atoms with E-state index in [1.807, 2.05) is 0 Å². The molecule has 2 heterocycles. The highest BCUT2D eigenvalue weighted by atomic mass is 19.4. The van der Waals surface area contributed by atoms with E-state index in [0.717, 1.165) is 12.0 Å². The fourth-order valence-corrected chi connectivity index (χ4v) is 1.96. The summed E-state index contributed by atoms with van der Waals surface area (Å²) in [5.74, 6) is 0. The lowest BCUT2D eigenvalue weighted by Crippen LogP contribution is -2.72. The van der Waals surface area contributed by atoms with E-state index in [9.17, 15) is 18.0 Å². The predicted octanol–water partition coefficient (Wildman–Crippen LogP) is 0.856. The number of likely N-dealkylation sites (tertiary alicyclic amines) is 1. The Kier molecular flexibility index (Phi) is 3.89. The maximum Gasteiger partial charge on any atom is 0.420 e. The molecule has 1 aromatic heterocycles. The summed E-state index contributed by atoms with van der Waals surface area (Å²) < 4.78 is 44.3. The third-order valence-electron chi connectivity index (χ3n) is 3.26. The molecule has 0 saturated carbocycles. The Labute approximate surface area is 113 Å². The van der Waals surface area contributed by atoms with Crippen LogP contribution in [0.2, 0.25) is 0 Å². The average Bonchev–Trinajstić information content (AvgIpc) is 2.79. The van der Waals surface area contributed by atoms with E-state index in [-0.39, 0.29) is 0 Å². The first-order valence-corrected chi connectivity index (χ1v) is 6.00. The molecule has 9 heteroatoms. The van der Waals surface area contributed by atoms with Crippen molar-refractivity contribution >= 4 is 6.03 Å². The number of carbonyl (C=O) groups excluding carboxylic acids is 1. The number of carbonyl (C=O) groups is 1. The van der Waals surface area contributed by atoms with Crippen molar-refractivity contribution in [3.05, 3.63) is 18.5 Å². The molecule has 2 amide bonds. The summed E-state index contributed by atoms with van der Waals surface area (Å²) in [6.45, 7) is -0.217. The van der Waals surface area contributed by atoms with Crippen molar-refractivity contribution in [1.29, 1.82) is 0 Å². The van der Waals surface area contributed by atoms with Gasteiger partial charge in [0, 0.05) is 26.0 Å². The highest BCUT2D eigenvalue weighted by Crippen LogP contribution is 2.40. The molecule has 6 nitrogen and oxygen atoms in total. The van der Waals surface area contributed by atoms with E-state index in [0.29, 0.717) is 13.1 Å². The van der Waals surface area contributed by atoms with Crippen LogP contribution in [0.5, 0.6) is 0 Å². The molecule has 0 bridgehead atoms. The van der Waals surface area contributed by atoms with Crippen molar-refractivity contribution in [2.75, 3.05) is 26.7 Å². The molecule has 0 spiro atoms. The molecule has 112 valence electrons. The van der Waals surface area contributed by atoms with Crippen LogP contribution in [0.4, 0.5) is 18.0 Å². The molecule has 1 N–H and O–H groups in total. The quantitative estimate of drug-likeness (QED) is 0.895. The molecule has 0 radical (unpaired) electrons. The summed E-state index contributed by atoms with van der Waals surface area (Å²) in [6, 6.07) is 1.21. The molecular formula is C11H15F3N4O2. The maximum absolute atomic E-state index is 12.7. The van der Waals surface area contributed by atoms with Gasteiger partial charge in [-0.05, 0) is 6.07 Å². The number of nitrogens with one attached hydrogen (secondary N) is 1. The minimum absolute atomic E-state index is 0.295. The summed E-state index contributed by atoms with van der Waals surface area (Å²) in [4.78, 5) is 12.7. The summed E-state index contributed by atoms with van der Waals surface area (Å²) in [5.41, 5.74) is -2.23. The lowest BCUT2D eigenvalue weighted by atomic mass is 9.93. The highest BCUT2D eigenvalue weighted by molar-refractivity contribution is 5.75.